The van der Waals surface area contributed by atoms with Crippen LogP contribution < -0.4 is 5.73 Å². The van der Waals surface area contributed by atoms with Crippen LogP contribution in [0.5, 0.6) is 0 Å². The van der Waals surface area contributed by atoms with Crippen molar-refractivity contribution in [3.63, 3.8) is 0 Å². The average Bonchev–Trinajstić information content (AvgIpc) is 2.17. The van der Waals surface area contributed by atoms with E-state index in [2.05, 4.69) is 0 Å². The molecule has 0 saturated carbocycles. The van der Waals surface area contributed by atoms with Gasteiger partial charge in [-0.15, -0.1) is 12.4 Å². The highest BCUT2D eigenvalue weighted by molar-refractivity contribution is 5.85. The number of hydrogen-bond acceptors (Lipinski definition) is 2. The molecule has 0 heterocycles. The second kappa shape index (κ2) is 6.08. The molecule has 0 spiro atoms. The molecule has 0 aliphatic rings. The Morgan fingerprint density at radius 3 is 2.31 bits per heavy atom. The zero-order chi connectivity index (χ0) is 11.5. The summed E-state index contributed by atoms with van der Waals surface area (Å²) < 4.78 is 37.6. The lowest BCUT2D eigenvalue weighted by molar-refractivity contribution is -0.138. The van der Waals surface area contributed by atoms with Gasteiger partial charge in [-0.2, -0.15) is 13.2 Å². The summed E-state index contributed by atoms with van der Waals surface area (Å²) >= 11 is 0. The van der Waals surface area contributed by atoms with Crippen LogP contribution in [0.25, 0.3) is 0 Å². The lowest BCUT2D eigenvalue weighted by atomic mass is 9.98. The summed E-state index contributed by atoms with van der Waals surface area (Å²) in [6.07, 6.45) is -4.28. The molecule has 1 aromatic rings. The van der Waals surface area contributed by atoms with E-state index in [4.69, 9.17) is 10.8 Å². The highest BCUT2D eigenvalue weighted by Gasteiger charge is 2.34. The van der Waals surface area contributed by atoms with E-state index in [9.17, 15) is 13.2 Å². The lowest BCUT2D eigenvalue weighted by Crippen LogP contribution is -2.18. The molecular formula is C10H13ClF3NO. The molecule has 0 saturated heterocycles. The Morgan fingerprint density at radius 2 is 1.81 bits per heavy atom. The first kappa shape index (κ1) is 15.2. The van der Waals surface area contributed by atoms with Crippen LogP contribution in [0.4, 0.5) is 13.2 Å². The topological polar surface area (TPSA) is 46.2 Å². The van der Waals surface area contributed by atoms with E-state index in [1.54, 1.807) is 0 Å². The van der Waals surface area contributed by atoms with Gasteiger partial charge in [-0.25, -0.2) is 0 Å². The number of benzene rings is 1. The predicted octanol–water partition coefficient (Wildman–Crippen LogP) is 2.51. The van der Waals surface area contributed by atoms with E-state index in [1.165, 1.54) is 18.2 Å². The third kappa shape index (κ3) is 3.66. The Labute approximate surface area is 97.7 Å². The van der Waals surface area contributed by atoms with Gasteiger partial charge in [0.25, 0.3) is 0 Å². The largest absolute Gasteiger partial charge is 0.416 e. The quantitative estimate of drug-likeness (QED) is 0.872. The molecule has 1 atom stereocenters. The maximum absolute atomic E-state index is 12.5. The van der Waals surface area contributed by atoms with Crippen molar-refractivity contribution in [1.29, 1.82) is 0 Å². The molecule has 0 radical (unpaired) electrons. The van der Waals surface area contributed by atoms with E-state index >= 15 is 0 Å². The van der Waals surface area contributed by atoms with Gasteiger partial charge in [0.15, 0.2) is 0 Å². The highest BCUT2D eigenvalue weighted by atomic mass is 35.5. The molecule has 6 heteroatoms. The van der Waals surface area contributed by atoms with Gasteiger partial charge in [0.1, 0.15) is 0 Å². The summed E-state index contributed by atoms with van der Waals surface area (Å²) in [5.41, 5.74) is 4.84. The Bertz CT molecular complexity index is 330. The molecule has 0 aliphatic carbocycles. The zero-order valence-electron chi connectivity index (χ0n) is 8.37. The van der Waals surface area contributed by atoms with Crippen LogP contribution >= 0.6 is 12.4 Å². The van der Waals surface area contributed by atoms with Crippen molar-refractivity contribution in [2.75, 3.05) is 6.61 Å². The molecule has 0 aliphatic heterocycles. The lowest BCUT2D eigenvalue weighted by Gasteiger charge is -2.17. The van der Waals surface area contributed by atoms with Crippen molar-refractivity contribution >= 4 is 12.4 Å². The van der Waals surface area contributed by atoms with E-state index < -0.39 is 17.8 Å². The van der Waals surface area contributed by atoms with Crippen molar-refractivity contribution in [3.05, 3.63) is 35.4 Å². The number of aliphatic hydroxyl groups is 1. The monoisotopic (exact) mass is 255 g/mol. The van der Waals surface area contributed by atoms with Crippen LogP contribution in [-0.4, -0.2) is 11.7 Å². The Morgan fingerprint density at radius 1 is 1.25 bits per heavy atom. The summed E-state index contributed by atoms with van der Waals surface area (Å²) in [6, 6.07) is 4.36. The van der Waals surface area contributed by atoms with Crippen molar-refractivity contribution in [1.82, 2.24) is 0 Å². The van der Waals surface area contributed by atoms with E-state index in [-0.39, 0.29) is 31.0 Å². The highest BCUT2D eigenvalue weighted by Crippen LogP contribution is 2.34. The second-order valence-electron chi connectivity index (χ2n) is 3.20. The number of aliphatic hydroxyl groups excluding tert-OH is 1. The molecule has 1 rings (SSSR count). The molecule has 16 heavy (non-hydrogen) atoms. The standard InChI is InChI=1S/C10H12F3NO.ClH/c11-10(12,13)8-4-2-1-3-7(8)9(14)5-6-15;/h1-4,9,15H,5-6,14H2;1H/t9-;/m1./s1. The summed E-state index contributed by atoms with van der Waals surface area (Å²) in [5, 5.41) is 8.63. The van der Waals surface area contributed by atoms with Crippen molar-refractivity contribution in [2.45, 2.75) is 18.6 Å². The zero-order valence-corrected chi connectivity index (χ0v) is 9.18. The average molecular weight is 256 g/mol. The summed E-state index contributed by atoms with van der Waals surface area (Å²) in [4.78, 5) is 0. The van der Waals surface area contributed by atoms with E-state index in [0.717, 1.165) is 6.07 Å². The minimum absolute atomic E-state index is 0. The molecular weight excluding hydrogens is 243 g/mol. The van der Waals surface area contributed by atoms with E-state index in [1.807, 2.05) is 0 Å². The molecule has 2 nitrogen and oxygen atoms in total. The van der Waals surface area contributed by atoms with Gasteiger partial charge in [-0.05, 0) is 18.1 Å². The van der Waals surface area contributed by atoms with Crippen LogP contribution in [0.3, 0.4) is 0 Å². The summed E-state index contributed by atoms with van der Waals surface area (Å²) in [7, 11) is 0. The minimum atomic E-state index is -4.40. The van der Waals surface area contributed by atoms with E-state index in [0.29, 0.717) is 0 Å². The van der Waals surface area contributed by atoms with Crippen molar-refractivity contribution in [3.8, 4) is 0 Å². The molecule has 0 amide bonds. The normalized spacial score (nSPS) is 13.1. The van der Waals surface area contributed by atoms with Crippen molar-refractivity contribution < 1.29 is 18.3 Å². The molecule has 1 aromatic carbocycles. The fourth-order valence-corrected chi connectivity index (χ4v) is 1.37. The van der Waals surface area contributed by atoms with Crippen LogP contribution in [-0.2, 0) is 6.18 Å². The molecule has 0 fully saturated rings. The number of halogens is 4. The van der Waals surface area contributed by atoms with Gasteiger partial charge >= 0.3 is 6.18 Å². The van der Waals surface area contributed by atoms with Gasteiger partial charge in [0, 0.05) is 12.6 Å². The first-order chi connectivity index (χ1) is 6.96. The molecule has 0 bridgehead atoms. The van der Waals surface area contributed by atoms with Gasteiger partial charge in [0.05, 0.1) is 5.56 Å². The Kier molecular flexibility index (Phi) is 5.78. The fourth-order valence-electron chi connectivity index (χ4n) is 1.37. The van der Waals surface area contributed by atoms with Crippen LogP contribution in [0.15, 0.2) is 24.3 Å². The Balaban J connectivity index is 0.00000225. The number of hydrogen-bond donors (Lipinski definition) is 2. The number of nitrogens with two attached hydrogens (primary N) is 1. The predicted molar refractivity (Wildman–Crippen MR) is 57.3 cm³/mol. The second-order valence-corrected chi connectivity index (χ2v) is 3.20. The van der Waals surface area contributed by atoms with Gasteiger partial charge < -0.3 is 10.8 Å². The smallest absolute Gasteiger partial charge is 0.396 e. The first-order valence-corrected chi connectivity index (χ1v) is 4.49. The molecule has 92 valence electrons. The first-order valence-electron chi connectivity index (χ1n) is 4.49. The SMILES string of the molecule is Cl.N[C@H](CCO)c1ccccc1C(F)(F)F. The van der Waals surface area contributed by atoms with Crippen LogP contribution in [0.2, 0.25) is 0 Å². The Hall–Kier alpha value is -0.780. The molecule has 3 N–H and O–H groups in total. The molecule has 0 aromatic heterocycles. The van der Waals surface area contributed by atoms with Gasteiger partial charge in [-0.3, -0.25) is 0 Å². The third-order valence-corrected chi connectivity index (χ3v) is 2.11. The van der Waals surface area contributed by atoms with Crippen LogP contribution in [0, 0.1) is 0 Å². The van der Waals surface area contributed by atoms with Crippen LogP contribution in [0.1, 0.15) is 23.6 Å². The summed E-state index contributed by atoms with van der Waals surface area (Å²) in [5.74, 6) is 0. The maximum atomic E-state index is 12.5. The number of alkyl halides is 3. The minimum Gasteiger partial charge on any atom is -0.396 e. The summed E-state index contributed by atoms with van der Waals surface area (Å²) in [6.45, 7) is -0.229. The van der Waals surface area contributed by atoms with Gasteiger partial charge in [-0.1, -0.05) is 18.2 Å². The fraction of sp³-hybridized carbons (Fsp3) is 0.400. The number of rotatable bonds is 3. The third-order valence-electron chi connectivity index (χ3n) is 2.11. The molecule has 0 unspecified atom stereocenters. The van der Waals surface area contributed by atoms with Gasteiger partial charge in [0.2, 0.25) is 0 Å². The van der Waals surface area contributed by atoms with Crippen molar-refractivity contribution in [2.24, 2.45) is 5.73 Å². The maximum Gasteiger partial charge on any atom is 0.416 e.